The Kier molecular flexibility index (Phi) is 5.67. The number of nitrogens with one attached hydrogen (secondary N) is 1. The monoisotopic (exact) mass is 415 g/mol. The van der Waals surface area contributed by atoms with Crippen LogP contribution in [0.25, 0.3) is 11.4 Å². The average molecular weight is 415 g/mol. The van der Waals surface area contributed by atoms with E-state index in [2.05, 4.69) is 20.2 Å². The van der Waals surface area contributed by atoms with Crippen molar-refractivity contribution in [2.75, 3.05) is 0 Å². The molecule has 4 rings (SSSR count). The molecule has 0 bridgehead atoms. The van der Waals surface area contributed by atoms with Crippen molar-refractivity contribution in [2.45, 2.75) is 17.0 Å². The van der Waals surface area contributed by atoms with Crippen LogP contribution in [-0.4, -0.2) is 26.3 Å². The minimum atomic E-state index is -0.406. The highest BCUT2D eigenvalue weighted by Crippen LogP contribution is 2.34. The zero-order valence-corrected chi connectivity index (χ0v) is 16.8. The van der Waals surface area contributed by atoms with Crippen molar-refractivity contribution in [1.82, 2.24) is 15.2 Å². The summed E-state index contributed by atoms with van der Waals surface area (Å²) in [5.74, 6) is 0.614. The predicted molar refractivity (Wildman–Crippen MR) is 117 cm³/mol. The van der Waals surface area contributed by atoms with Gasteiger partial charge >= 0.3 is 0 Å². The van der Waals surface area contributed by atoms with E-state index in [0.717, 1.165) is 28.6 Å². The van der Waals surface area contributed by atoms with Crippen LogP contribution >= 0.6 is 11.8 Å². The second-order valence-corrected chi connectivity index (χ2v) is 7.52. The molecule has 0 radical (unpaired) electrons. The van der Waals surface area contributed by atoms with Gasteiger partial charge in [0.1, 0.15) is 0 Å². The SMILES string of the molecule is Cc1ccc(N=Cc2ccc(Sc3n[nH]c(-c4ccccc4)n3)c([N+](=O)[O-])c2)cc1. The largest absolute Gasteiger partial charge is 0.283 e. The molecule has 0 fully saturated rings. The predicted octanol–water partition coefficient (Wildman–Crippen LogP) is 5.59. The molecule has 1 heterocycles. The van der Waals surface area contributed by atoms with Gasteiger partial charge in [-0.1, -0.05) is 54.1 Å². The number of hydrogen-bond donors (Lipinski definition) is 1. The molecule has 8 heteroatoms. The second kappa shape index (κ2) is 8.71. The summed E-state index contributed by atoms with van der Waals surface area (Å²) in [5.41, 5.74) is 3.46. The van der Waals surface area contributed by atoms with Crippen molar-refractivity contribution in [3.05, 3.63) is 94.0 Å². The zero-order valence-electron chi connectivity index (χ0n) is 16.0. The van der Waals surface area contributed by atoms with Crippen LogP contribution in [0.3, 0.4) is 0 Å². The Bertz CT molecular complexity index is 1200. The number of aromatic amines is 1. The first-order valence-corrected chi connectivity index (χ1v) is 9.95. The number of aliphatic imine (C=N–C) groups is 1. The lowest BCUT2D eigenvalue weighted by Crippen LogP contribution is -1.93. The van der Waals surface area contributed by atoms with Gasteiger partial charge in [-0.15, -0.1) is 5.10 Å². The van der Waals surface area contributed by atoms with Crippen molar-refractivity contribution in [3.63, 3.8) is 0 Å². The minimum absolute atomic E-state index is 0.0149. The molecule has 30 heavy (non-hydrogen) atoms. The number of H-pyrrole nitrogens is 1. The Hall–Kier alpha value is -3.78. The third kappa shape index (κ3) is 4.61. The summed E-state index contributed by atoms with van der Waals surface area (Å²) < 4.78 is 0. The van der Waals surface area contributed by atoms with E-state index in [1.165, 1.54) is 6.07 Å². The molecule has 3 aromatic carbocycles. The quantitative estimate of drug-likeness (QED) is 0.251. The van der Waals surface area contributed by atoms with Crippen molar-refractivity contribution < 1.29 is 4.92 Å². The number of benzene rings is 3. The van der Waals surface area contributed by atoms with Crippen LogP contribution in [-0.2, 0) is 0 Å². The highest BCUT2D eigenvalue weighted by atomic mass is 32.2. The van der Waals surface area contributed by atoms with E-state index in [9.17, 15) is 10.1 Å². The molecule has 148 valence electrons. The van der Waals surface area contributed by atoms with Gasteiger partial charge in [0.25, 0.3) is 5.69 Å². The van der Waals surface area contributed by atoms with Crippen molar-refractivity contribution in [1.29, 1.82) is 0 Å². The normalized spacial score (nSPS) is 11.1. The molecular weight excluding hydrogens is 398 g/mol. The van der Waals surface area contributed by atoms with E-state index < -0.39 is 4.92 Å². The summed E-state index contributed by atoms with van der Waals surface area (Å²) in [4.78, 5) is 20.5. The molecule has 7 nitrogen and oxygen atoms in total. The number of aromatic nitrogens is 3. The molecule has 0 saturated carbocycles. The number of nitrogens with zero attached hydrogens (tertiary/aromatic N) is 4. The van der Waals surface area contributed by atoms with E-state index in [1.54, 1.807) is 18.3 Å². The maximum absolute atomic E-state index is 11.6. The lowest BCUT2D eigenvalue weighted by molar-refractivity contribution is -0.387. The maximum Gasteiger partial charge on any atom is 0.283 e. The van der Waals surface area contributed by atoms with Gasteiger partial charge in [-0.25, -0.2) is 4.98 Å². The molecule has 0 saturated heterocycles. The van der Waals surface area contributed by atoms with Gasteiger partial charge in [-0.05, 0) is 42.4 Å². The molecule has 0 amide bonds. The van der Waals surface area contributed by atoms with Gasteiger partial charge in [0.2, 0.25) is 5.16 Å². The summed E-state index contributed by atoms with van der Waals surface area (Å²) >= 11 is 1.14. The molecule has 1 aromatic heterocycles. The highest BCUT2D eigenvalue weighted by molar-refractivity contribution is 7.99. The van der Waals surface area contributed by atoms with Gasteiger partial charge in [0, 0.05) is 17.8 Å². The molecule has 0 spiro atoms. The number of rotatable bonds is 6. The van der Waals surface area contributed by atoms with Crippen LogP contribution in [0.15, 0.2) is 87.8 Å². The lowest BCUT2D eigenvalue weighted by atomic mass is 10.2. The fraction of sp³-hybridized carbons (Fsp3) is 0.0455. The number of aryl methyl sites for hydroxylation is 1. The van der Waals surface area contributed by atoms with E-state index in [1.807, 2.05) is 61.5 Å². The van der Waals surface area contributed by atoms with Crippen LogP contribution in [0.1, 0.15) is 11.1 Å². The van der Waals surface area contributed by atoms with Gasteiger partial charge in [-0.3, -0.25) is 20.2 Å². The average Bonchev–Trinajstić information content (AvgIpc) is 3.23. The highest BCUT2D eigenvalue weighted by Gasteiger charge is 2.17. The van der Waals surface area contributed by atoms with Gasteiger partial charge in [0.05, 0.1) is 15.5 Å². The van der Waals surface area contributed by atoms with Crippen LogP contribution in [0.2, 0.25) is 0 Å². The maximum atomic E-state index is 11.6. The summed E-state index contributed by atoms with van der Waals surface area (Å²) in [6.07, 6.45) is 1.62. The Labute approximate surface area is 177 Å². The third-order valence-electron chi connectivity index (χ3n) is 4.29. The van der Waals surface area contributed by atoms with E-state index in [4.69, 9.17) is 0 Å². The molecular formula is C22H17N5O2S. The second-order valence-electron chi connectivity index (χ2n) is 6.51. The molecule has 1 N–H and O–H groups in total. The third-order valence-corrected chi connectivity index (χ3v) is 5.22. The Morgan fingerprint density at radius 2 is 1.83 bits per heavy atom. The first kappa shape index (κ1) is 19.5. The fourth-order valence-corrected chi connectivity index (χ4v) is 3.54. The van der Waals surface area contributed by atoms with Gasteiger partial charge < -0.3 is 0 Å². The smallest absolute Gasteiger partial charge is 0.258 e. The zero-order chi connectivity index (χ0) is 20.9. The summed E-state index contributed by atoms with van der Waals surface area (Å²) in [7, 11) is 0. The fourth-order valence-electron chi connectivity index (χ4n) is 2.74. The molecule has 0 aliphatic heterocycles. The first-order chi connectivity index (χ1) is 14.6. The Morgan fingerprint density at radius 1 is 1.07 bits per heavy atom. The van der Waals surface area contributed by atoms with E-state index in [0.29, 0.717) is 21.4 Å². The van der Waals surface area contributed by atoms with Crippen molar-refractivity contribution in [3.8, 4) is 11.4 Å². The van der Waals surface area contributed by atoms with E-state index >= 15 is 0 Å². The molecule has 0 unspecified atom stereocenters. The molecule has 0 aliphatic carbocycles. The van der Waals surface area contributed by atoms with Crippen LogP contribution in [0.5, 0.6) is 0 Å². The van der Waals surface area contributed by atoms with Crippen molar-refractivity contribution in [2.24, 2.45) is 4.99 Å². The number of nitro benzene ring substituents is 1. The molecule has 4 aromatic rings. The van der Waals surface area contributed by atoms with Crippen LogP contribution < -0.4 is 0 Å². The Morgan fingerprint density at radius 3 is 2.57 bits per heavy atom. The standard InChI is InChI=1S/C22H17N5O2S/c1-15-7-10-18(11-8-15)23-14-16-9-12-20(19(13-16)27(28)29)30-22-24-21(25-26-22)17-5-3-2-4-6-17/h2-14H,1H3,(H,24,25,26). The van der Waals surface area contributed by atoms with Crippen LogP contribution in [0.4, 0.5) is 11.4 Å². The van der Waals surface area contributed by atoms with E-state index in [-0.39, 0.29) is 5.69 Å². The minimum Gasteiger partial charge on any atom is -0.258 e. The molecule has 0 aliphatic rings. The summed E-state index contributed by atoms with van der Waals surface area (Å²) in [6, 6.07) is 22.3. The number of hydrogen-bond acceptors (Lipinski definition) is 6. The summed E-state index contributed by atoms with van der Waals surface area (Å²) in [5, 5.41) is 19.1. The topological polar surface area (TPSA) is 97.1 Å². The summed E-state index contributed by atoms with van der Waals surface area (Å²) in [6.45, 7) is 2.00. The molecule has 0 atom stereocenters. The first-order valence-electron chi connectivity index (χ1n) is 9.13. The van der Waals surface area contributed by atoms with Crippen molar-refractivity contribution >= 4 is 29.4 Å². The van der Waals surface area contributed by atoms with Gasteiger partial charge in [0.15, 0.2) is 5.82 Å². The lowest BCUT2D eigenvalue weighted by Gasteiger charge is -2.01. The number of nitro groups is 1. The van der Waals surface area contributed by atoms with Gasteiger partial charge in [-0.2, -0.15) is 0 Å². The Balaban J connectivity index is 1.56. The van der Waals surface area contributed by atoms with Crippen LogP contribution in [0, 0.1) is 17.0 Å².